The van der Waals surface area contributed by atoms with Gasteiger partial charge in [0.15, 0.2) is 0 Å². The number of hydrogen-bond donors (Lipinski definition) is 0. The molecular weight excluding hydrogens is 502 g/mol. The second-order valence-corrected chi connectivity index (χ2v) is 10.0. The minimum Gasteiger partial charge on any atom is -0.292 e. The fraction of sp³-hybridized carbons (Fsp3) is 0. The van der Waals surface area contributed by atoms with Crippen molar-refractivity contribution in [3.05, 3.63) is 140 Å². The van der Waals surface area contributed by atoms with Crippen LogP contribution in [0.15, 0.2) is 140 Å². The first-order chi connectivity index (χ1) is 20.3. The zero-order valence-electron chi connectivity index (χ0n) is 22.0. The van der Waals surface area contributed by atoms with E-state index in [1.807, 2.05) is 42.5 Å². The molecule has 0 aliphatic carbocycles. The molecule has 0 radical (unpaired) electrons. The topological polar surface area (TPSA) is 56.0 Å². The van der Waals surface area contributed by atoms with E-state index in [4.69, 9.17) is 9.97 Å². The van der Waals surface area contributed by atoms with Crippen molar-refractivity contribution in [2.24, 2.45) is 0 Å². The molecule has 41 heavy (non-hydrogen) atoms. The molecule has 0 fully saturated rings. The van der Waals surface area contributed by atoms with E-state index in [1.165, 1.54) is 5.39 Å². The highest BCUT2D eigenvalue weighted by atomic mass is 15.0. The van der Waals surface area contributed by atoms with E-state index < -0.39 is 0 Å². The highest BCUT2D eigenvalue weighted by molar-refractivity contribution is 5.93. The van der Waals surface area contributed by atoms with Crippen LogP contribution in [0.4, 0.5) is 0 Å². The summed E-state index contributed by atoms with van der Waals surface area (Å²) in [5, 5.41) is 1.17. The van der Waals surface area contributed by atoms with Crippen molar-refractivity contribution < 1.29 is 0 Å². The van der Waals surface area contributed by atoms with Crippen LogP contribution >= 0.6 is 0 Å². The Kier molecular flexibility index (Phi) is 5.38. The summed E-state index contributed by atoms with van der Waals surface area (Å²) in [5.41, 5.74) is 12.0. The highest BCUT2D eigenvalue weighted by Gasteiger charge is 2.12. The van der Waals surface area contributed by atoms with Gasteiger partial charge < -0.3 is 0 Å². The summed E-state index contributed by atoms with van der Waals surface area (Å²) in [6.07, 6.45) is 3.59. The fourth-order valence-corrected chi connectivity index (χ4v) is 5.51. The first kappa shape index (κ1) is 23.2. The van der Waals surface area contributed by atoms with Gasteiger partial charge in [0.05, 0.1) is 39.3 Å². The smallest absolute Gasteiger partial charge is 0.138 e. The van der Waals surface area contributed by atoms with Crippen molar-refractivity contribution in [3.8, 4) is 45.0 Å². The van der Waals surface area contributed by atoms with Crippen molar-refractivity contribution in [3.63, 3.8) is 0 Å². The van der Waals surface area contributed by atoms with Gasteiger partial charge in [-0.1, -0.05) is 48.5 Å². The Bertz CT molecular complexity index is 2140. The van der Waals surface area contributed by atoms with Crippen LogP contribution < -0.4 is 0 Å². The average molecular weight is 526 g/mol. The molecule has 0 aliphatic rings. The van der Waals surface area contributed by atoms with E-state index in [9.17, 15) is 0 Å². The van der Waals surface area contributed by atoms with Crippen LogP contribution in [0.2, 0.25) is 0 Å². The second-order valence-electron chi connectivity index (χ2n) is 10.0. The lowest BCUT2D eigenvalue weighted by Crippen LogP contribution is -1.94. The summed E-state index contributed by atoms with van der Waals surface area (Å²) >= 11 is 0. The van der Waals surface area contributed by atoms with Crippen LogP contribution in [-0.4, -0.2) is 24.3 Å². The van der Waals surface area contributed by atoms with E-state index in [0.717, 1.165) is 67.2 Å². The summed E-state index contributed by atoms with van der Waals surface area (Å²) in [7, 11) is 0. The fourth-order valence-electron chi connectivity index (χ4n) is 5.51. The van der Waals surface area contributed by atoms with Gasteiger partial charge in [-0.3, -0.25) is 14.4 Å². The molecule has 3 aromatic carbocycles. The summed E-state index contributed by atoms with van der Waals surface area (Å²) in [5.74, 6) is 0. The number of hydrogen-bond acceptors (Lipinski definition) is 4. The standard InChI is InChI=1S/C36H23N5/c1-2-13-35-31(12-1)40-36-17-15-27-21-26(14-16-34(27)41(35)36)24-8-7-9-25(20-24)28-22-32(29-10-3-5-18-37-29)39-33(23-28)30-11-4-6-19-38-30/h1-23H. The summed E-state index contributed by atoms with van der Waals surface area (Å²) in [6.45, 7) is 0. The predicted molar refractivity (Wildman–Crippen MR) is 165 cm³/mol. The monoisotopic (exact) mass is 525 g/mol. The molecule has 5 aromatic heterocycles. The summed E-state index contributed by atoms with van der Waals surface area (Å²) < 4.78 is 2.24. The molecule has 0 bridgehead atoms. The van der Waals surface area contributed by atoms with Crippen LogP contribution in [0.3, 0.4) is 0 Å². The molecular formula is C36H23N5. The molecule has 5 heteroatoms. The van der Waals surface area contributed by atoms with Crippen molar-refractivity contribution >= 4 is 27.6 Å². The van der Waals surface area contributed by atoms with Gasteiger partial charge in [0.2, 0.25) is 0 Å². The minimum absolute atomic E-state index is 0.816. The maximum absolute atomic E-state index is 4.92. The molecule has 5 nitrogen and oxygen atoms in total. The van der Waals surface area contributed by atoms with E-state index in [1.54, 1.807) is 12.4 Å². The molecule has 0 unspecified atom stereocenters. The molecule has 8 rings (SSSR count). The molecule has 0 atom stereocenters. The zero-order valence-corrected chi connectivity index (χ0v) is 22.0. The molecule has 0 amide bonds. The van der Waals surface area contributed by atoms with Crippen LogP contribution in [0.1, 0.15) is 0 Å². The summed E-state index contributed by atoms with van der Waals surface area (Å²) in [4.78, 5) is 18.8. The lowest BCUT2D eigenvalue weighted by molar-refractivity contribution is 1.22. The third kappa shape index (κ3) is 4.12. The molecule has 0 saturated heterocycles. The van der Waals surface area contributed by atoms with E-state index in [2.05, 4.69) is 99.3 Å². The van der Waals surface area contributed by atoms with Gasteiger partial charge in [-0.2, -0.15) is 0 Å². The van der Waals surface area contributed by atoms with Crippen LogP contribution in [0.25, 0.3) is 72.6 Å². The van der Waals surface area contributed by atoms with Gasteiger partial charge in [0.1, 0.15) is 5.65 Å². The Morgan fingerprint density at radius 1 is 0.415 bits per heavy atom. The molecule has 0 aliphatic heterocycles. The van der Waals surface area contributed by atoms with Crippen molar-refractivity contribution in [2.45, 2.75) is 0 Å². The molecule has 0 saturated carbocycles. The third-order valence-corrected chi connectivity index (χ3v) is 7.48. The van der Waals surface area contributed by atoms with E-state index in [0.29, 0.717) is 0 Å². The zero-order chi connectivity index (χ0) is 27.2. The maximum Gasteiger partial charge on any atom is 0.138 e. The third-order valence-electron chi connectivity index (χ3n) is 7.48. The molecule has 5 heterocycles. The van der Waals surface area contributed by atoms with Gasteiger partial charge in [0.25, 0.3) is 0 Å². The predicted octanol–water partition coefficient (Wildman–Crippen LogP) is 8.49. The van der Waals surface area contributed by atoms with Crippen molar-refractivity contribution in [2.75, 3.05) is 0 Å². The Labute approximate surface area is 236 Å². The Morgan fingerprint density at radius 2 is 1.10 bits per heavy atom. The van der Waals surface area contributed by atoms with Crippen molar-refractivity contribution in [1.29, 1.82) is 0 Å². The molecule has 0 spiro atoms. The van der Waals surface area contributed by atoms with Gasteiger partial charge in [-0.15, -0.1) is 0 Å². The van der Waals surface area contributed by atoms with Gasteiger partial charge in [-0.25, -0.2) is 9.97 Å². The Morgan fingerprint density at radius 3 is 1.83 bits per heavy atom. The average Bonchev–Trinajstić information content (AvgIpc) is 3.44. The van der Waals surface area contributed by atoms with Crippen LogP contribution in [0.5, 0.6) is 0 Å². The lowest BCUT2D eigenvalue weighted by atomic mass is 9.97. The SMILES string of the molecule is c1ccc(-c2cc(-c3cccc(-c4ccc5c(ccc6nc7ccccc7n65)c4)c3)cc(-c3ccccn3)n2)nc1. The quantitative estimate of drug-likeness (QED) is 0.231. The molecule has 192 valence electrons. The number of pyridine rings is 4. The van der Waals surface area contributed by atoms with Crippen LogP contribution in [-0.2, 0) is 0 Å². The normalized spacial score (nSPS) is 11.4. The number of para-hydroxylation sites is 2. The molecule has 0 N–H and O–H groups in total. The first-order valence-electron chi connectivity index (χ1n) is 13.6. The minimum atomic E-state index is 0.816. The Balaban J connectivity index is 1.25. The van der Waals surface area contributed by atoms with Gasteiger partial charge in [-0.05, 0) is 107 Å². The number of imidazole rings is 1. The Hall–Kier alpha value is -5.68. The lowest BCUT2D eigenvalue weighted by Gasteiger charge is -2.11. The maximum atomic E-state index is 4.92. The van der Waals surface area contributed by atoms with E-state index in [-0.39, 0.29) is 0 Å². The number of aromatic nitrogens is 5. The largest absolute Gasteiger partial charge is 0.292 e. The highest BCUT2D eigenvalue weighted by Crippen LogP contribution is 2.33. The number of benzene rings is 3. The second kappa shape index (κ2) is 9.50. The molecule has 8 aromatic rings. The van der Waals surface area contributed by atoms with Gasteiger partial charge in [0, 0.05) is 12.4 Å². The number of rotatable bonds is 4. The van der Waals surface area contributed by atoms with Crippen molar-refractivity contribution in [1.82, 2.24) is 24.3 Å². The van der Waals surface area contributed by atoms with Crippen LogP contribution in [0, 0.1) is 0 Å². The van der Waals surface area contributed by atoms with Gasteiger partial charge >= 0.3 is 0 Å². The number of fused-ring (bicyclic) bond motifs is 5. The number of nitrogens with zero attached hydrogens (tertiary/aromatic N) is 5. The first-order valence-corrected chi connectivity index (χ1v) is 13.6. The van der Waals surface area contributed by atoms with E-state index >= 15 is 0 Å². The summed E-state index contributed by atoms with van der Waals surface area (Å²) in [6, 6.07) is 43.8.